The zero-order chi connectivity index (χ0) is 11.4. The fourth-order valence-electron chi connectivity index (χ4n) is 1.17. The Morgan fingerprint density at radius 3 is 2.94 bits per heavy atom. The van der Waals surface area contributed by atoms with E-state index in [2.05, 4.69) is 36.4 Å². The molecule has 0 saturated carbocycles. The number of nitrogens with one attached hydrogen (secondary N) is 2. The highest BCUT2D eigenvalue weighted by atomic mass is 79.9. The van der Waals surface area contributed by atoms with E-state index in [4.69, 9.17) is 0 Å². The smallest absolute Gasteiger partial charge is 0.253 e. The first-order valence-electron chi connectivity index (χ1n) is 4.64. The Hall–Kier alpha value is -1.69. The van der Waals surface area contributed by atoms with E-state index in [1.807, 2.05) is 0 Å². The van der Waals surface area contributed by atoms with Crippen molar-refractivity contribution in [2.45, 2.75) is 6.54 Å². The summed E-state index contributed by atoms with van der Waals surface area (Å²) in [6, 6.07) is 5.24. The number of H-pyrrole nitrogens is 1. The lowest BCUT2D eigenvalue weighted by atomic mass is 10.2. The minimum Gasteiger partial charge on any atom is -0.346 e. The third-order valence-electron chi connectivity index (χ3n) is 1.99. The Kier molecular flexibility index (Phi) is 3.31. The number of halogens is 1. The van der Waals surface area contributed by atoms with Crippen LogP contribution in [-0.4, -0.2) is 21.1 Å². The van der Waals surface area contributed by atoms with E-state index < -0.39 is 0 Å². The summed E-state index contributed by atoms with van der Waals surface area (Å²) in [5, 5.41) is 9.31. The van der Waals surface area contributed by atoms with Crippen molar-refractivity contribution in [3.8, 4) is 0 Å². The highest BCUT2D eigenvalue weighted by Gasteiger charge is 2.05. The number of aromatic nitrogens is 3. The average Bonchev–Trinajstić information content (AvgIpc) is 2.80. The van der Waals surface area contributed by atoms with Crippen LogP contribution in [0.5, 0.6) is 0 Å². The molecule has 0 atom stereocenters. The van der Waals surface area contributed by atoms with Crippen LogP contribution in [0.25, 0.3) is 0 Å². The predicted molar refractivity (Wildman–Crippen MR) is 61.7 cm³/mol. The number of pyridine rings is 1. The number of hydrogen-bond donors (Lipinski definition) is 2. The van der Waals surface area contributed by atoms with Gasteiger partial charge in [-0.05, 0) is 34.1 Å². The Morgan fingerprint density at radius 1 is 1.44 bits per heavy atom. The second-order valence-electron chi connectivity index (χ2n) is 3.13. The molecule has 0 fully saturated rings. The number of hydrogen-bond acceptors (Lipinski definition) is 3. The predicted octanol–water partition coefficient (Wildman–Crippen LogP) is 1.50. The van der Waals surface area contributed by atoms with Crippen molar-refractivity contribution in [2.75, 3.05) is 0 Å². The van der Waals surface area contributed by atoms with E-state index in [0.717, 1.165) is 5.69 Å². The minimum absolute atomic E-state index is 0.158. The number of aromatic amines is 1. The van der Waals surface area contributed by atoms with Crippen molar-refractivity contribution in [3.05, 3.63) is 46.5 Å². The van der Waals surface area contributed by atoms with Crippen molar-refractivity contribution in [3.63, 3.8) is 0 Å². The standard InChI is InChI=1S/C10H9BrN4O/c11-9-2-1-7(5-12-9)10(16)13-6-8-3-4-14-15-8/h1-5H,6H2,(H,13,16)(H,14,15). The molecule has 2 rings (SSSR count). The maximum Gasteiger partial charge on any atom is 0.253 e. The summed E-state index contributed by atoms with van der Waals surface area (Å²) in [5.74, 6) is -0.158. The van der Waals surface area contributed by atoms with Crippen LogP contribution in [-0.2, 0) is 6.54 Å². The number of carbonyl (C=O) groups is 1. The number of carbonyl (C=O) groups excluding carboxylic acids is 1. The summed E-state index contributed by atoms with van der Waals surface area (Å²) in [5.41, 5.74) is 1.39. The van der Waals surface area contributed by atoms with Crippen molar-refractivity contribution in [1.29, 1.82) is 0 Å². The summed E-state index contributed by atoms with van der Waals surface area (Å²) in [6.07, 6.45) is 3.16. The van der Waals surface area contributed by atoms with Gasteiger partial charge in [-0.2, -0.15) is 5.10 Å². The molecular formula is C10H9BrN4O. The minimum atomic E-state index is -0.158. The van der Waals surface area contributed by atoms with Crippen molar-refractivity contribution in [1.82, 2.24) is 20.5 Å². The van der Waals surface area contributed by atoms with Gasteiger partial charge in [0.1, 0.15) is 4.60 Å². The fraction of sp³-hybridized carbons (Fsp3) is 0.100. The highest BCUT2D eigenvalue weighted by molar-refractivity contribution is 9.10. The van der Waals surface area contributed by atoms with E-state index in [9.17, 15) is 4.79 Å². The third kappa shape index (κ3) is 2.66. The lowest BCUT2D eigenvalue weighted by Crippen LogP contribution is -2.23. The lowest BCUT2D eigenvalue weighted by molar-refractivity contribution is 0.0950. The van der Waals surface area contributed by atoms with E-state index in [0.29, 0.717) is 16.7 Å². The number of nitrogens with zero attached hydrogens (tertiary/aromatic N) is 2. The first-order valence-corrected chi connectivity index (χ1v) is 5.43. The summed E-state index contributed by atoms with van der Waals surface area (Å²) in [7, 11) is 0. The molecule has 0 unspecified atom stereocenters. The molecule has 2 heterocycles. The molecule has 0 spiro atoms. The van der Waals surface area contributed by atoms with Gasteiger partial charge in [0.05, 0.1) is 17.8 Å². The molecule has 0 bridgehead atoms. The van der Waals surface area contributed by atoms with Crippen LogP contribution < -0.4 is 5.32 Å². The Labute approximate surface area is 100 Å². The Balaban J connectivity index is 1.95. The molecule has 16 heavy (non-hydrogen) atoms. The molecule has 2 N–H and O–H groups in total. The van der Waals surface area contributed by atoms with Crippen LogP contribution in [0.4, 0.5) is 0 Å². The molecular weight excluding hydrogens is 272 g/mol. The molecule has 1 amide bonds. The quantitative estimate of drug-likeness (QED) is 0.837. The van der Waals surface area contributed by atoms with Crippen molar-refractivity contribution < 1.29 is 4.79 Å². The summed E-state index contributed by atoms with van der Waals surface area (Å²) < 4.78 is 0.706. The average molecular weight is 281 g/mol. The first-order chi connectivity index (χ1) is 7.75. The molecule has 6 heteroatoms. The molecule has 0 saturated heterocycles. The fourth-order valence-corrected chi connectivity index (χ4v) is 1.41. The maximum absolute atomic E-state index is 11.7. The topological polar surface area (TPSA) is 70.7 Å². The zero-order valence-corrected chi connectivity index (χ0v) is 9.86. The van der Waals surface area contributed by atoms with Crippen LogP contribution in [0.3, 0.4) is 0 Å². The lowest BCUT2D eigenvalue weighted by Gasteiger charge is -2.02. The van der Waals surface area contributed by atoms with Gasteiger partial charge in [-0.3, -0.25) is 9.89 Å². The molecule has 2 aromatic rings. The van der Waals surface area contributed by atoms with E-state index in [1.165, 1.54) is 6.20 Å². The maximum atomic E-state index is 11.7. The van der Waals surface area contributed by atoms with Gasteiger partial charge in [0.25, 0.3) is 5.91 Å². The van der Waals surface area contributed by atoms with Gasteiger partial charge in [-0.25, -0.2) is 4.98 Å². The summed E-state index contributed by atoms with van der Waals surface area (Å²) in [6.45, 7) is 0.425. The Morgan fingerprint density at radius 2 is 2.31 bits per heavy atom. The summed E-state index contributed by atoms with van der Waals surface area (Å²) >= 11 is 3.21. The van der Waals surface area contributed by atoms with Crippen molar-refractivity contribution >= 4 is 21.8 Å². The molecule has 0 aromatic carbocycles. The second-order valence-corrected chi connectivity index (χ2v) is 3.95. The third-order valence-corrected chi connectivity index (χ3v) is 2.46. The zero-order valence-electron chi connectivity index (χ0n) is 8.27. The van der Waals surface area contributed by atoms with Crippen LogP contribution in [0, 0.1) is 0 Å². The SMILES string of the molecule is O=C(NCc1ccn[nH]1)c1ccc(Br)nc1. The van der Waals surface area contributed by atoms with Gasteiger partial charge in [-0.1, -0.05) is 0 Å². The van der Waals surface area contributed by atoms with Gasteiger partial charge in [0.15, 0.2) is 0 Å². The molecule has 0 aliphatic rings. The number of amides is 1. The van der Waals surface area contributed by atoms with Gasteiger partial charge < -0.3 is 5.32 Å². The largest absolute Gasteiger partial charge is 0.346 e. The van der Waals surface area contributed by atoms with Gasteiger partial charge in [0, 0.05) is 12.4 Å². The second kappa shape index (κ2) is 4.89. The van der Waals surface area contributed by atoms with E-state index in [1.54, 1.807) is 24.4 Å². The molecule has 0 aliphatic carbocycles. The molecule has 2 aromatic heterocycles. The molecule has 0 radical (unpaired) electrons. The van der Waals surface area contributed by atoms with Crippen molar-refractivity contribution in [2.24, 2.45) is 0 Å². The Bertz CT molecular complexity index is 466. The van der Waals surface area contributed by atoms with Crippen LogP contribution in [0.1, 0.15) is 16.1 Å². The van der Waals surface area contributed by atoms with Gasteiger partial charge >= 0.3 is 0 Å². The number of rotatable bonds is 3. The monoisotopic (exact) mass is 280 g/mol. The molecule has 82 valence electrons. The van der Waals surface area contributed by atoms with Crippen LogP contribution >= 0.6 is 15.9 Å². The highest BCUT2D eigenvalue weighted by Crippen LogP contribution is 2.06. The van der Waals surface area contributed by atoms with E-state index in [-0.39, 0.29) is 5.91 Å². The normalized spacial score (nSPS) is 10.1. The van der Waals surface area contributed by atoms with Gasteiger partial charge in [-0.15, -0.1) is 0 Å². The van der Waals surface area contributed by atoms with Crippen LogP contribution in [0.2, 0.25) is 0 Å². The van der Waals surface area contributed by atoms with E-state index >= 15 is 0 Å². The molecule has 5 nitrogen and oxygen atoms in total. The van der Waals surface area contributed by atoms with Crippen LogP contribution in [0.15, 0.2) is 35.2 Å². The van der Waals surface area contributed by atoms with Gasteiger partial charge in [0.2, 0.25) is 0 Å². The molecule has 0 aliphatic heterocycles. The first kappa shape index (κ1) is 10.8. The summed E-state index contributed by atoms with van der Waals surface area (Å²) in [4.78, 5) is 15.6.